The topological polar surface area (TPSA) is 63.6 Å². The third kappa shape index (κ3) is 1.71. The monoisotopic (exact) mass is 263 g/mol. The molecule has 0 heterocycles. The van der Waals surface area contributed by atoms with Crippen LogP contribution in [-0.2, 0) is 20.2 Å². The third-order valence-electron chi connectivity index (χ3n) is 3.64. The molecule has 2 aliphatic rings. The lowest BCUT2D eigenvalue weighted by Crippen LogP contribution is -2.14. The molecule has 0 saturated heterocycles. The molecule has 0 aromatic heterocycles. The molecule has 94 valence electrons. The van der Waals surface area contributed by atoms with Crippen LogP contribution in [0.3, 0.4) is 0 Å². The second-order valence-corrected chi connectivity index (χ2v) is 7.17. The first-order valence-corrected chi connectivity index (χ1v) is 7.57. The number of isocyanates is 1. The maximum atomic E-state index is 12.4. The van der Waals surface area contributed by atoms with Crippen LogP contribution >= 0.6 is 0 Å². The second-order valence-electron chi connectivity index (χ2n) is 4.98. The van der Waals surface area contributed by atoms with Crippen molar-refractivity contribution in [3.63, 3.8) is 0 Å². The summed E-state index contributed by atoms with van der Waals surface area (Å²) < 4.78 is 24.7. The van der Waals surface area contributed by atoms with Crippen LogP contribution in [0.4, 0.5) is 0 Å². The average Bonchev–Trinajstić information content (AvgIpc) is 3.23. The lowest BCUT2D eigenvalue weighted by atomic mass is 10.1. The van der Waals surface area contributed by atoms with Gasteiger partial charge in [0, 0.05) is 0 Å². The lowest BCUT2D eigenvalue weighted by Gasteiger charge is -2.14. The number of carbonyl (C=O) groups excluding carboxylic acids is 1. The maximum Gasteiger partial charge on any atom is 0.235 e. The molecule has 0 N–H and O–H groups in total. The Morgan fingerprint density at radius 3 is 2.44 bits per heavy atom. The molecule has 18 heavy (non-hydrogen) atoms. The van der Waals surface area contributed by atoms with E-state index in [-0.39, 0.29) is 5.25 Å². The Bertz CT molecular complexity index is 636. The smallest absolute Gasteiger partial charge is 0.223 e. The number of rotatable bonds is 4. The molecule has 0 amide bonds. The minimum absolute atomic E-state index is 0.241. The van der Waals surface area contributed by atoms with Crippen molar-refractivity contribution in [2.45, 2.75) is 41.4 Å². The number of benzene rings is 1. The number of sulfone groups is 1. The van der Waals surface area contributed by atoms with Crippen molar-refractivity contribution in [2.24, 2.45) is 4.99 Å². The summed E-state index contributed by atoms with van der Waals surface area (Å²) in [5.74, 6) is 0. The van der Waals surface area contributed by atoms with Crippen LogP contribution in [-0.4, -0.2) is 19.7 Å². The first-order valence-electron chi connectivity index (χ1n) is 6.03. The molecule has 1 aromatic carbocycles. The van der Waals surface area contributed by atoms with E-state index in [2.05, 4.69) is 4.99 Å². The molecule has 4 nitrogen and oxygen atoms in total. The van der Waals surface area contributed by atoms with E-state index in [1.807, 2.05) is 0 Å². The summed E-state index contributed by atoms with van der Waals surface area (Å²) in [4.78, 5) is 14.7. The highest BCUT2D eigenvalue weighted by molar-refractivity contribution is 7.92. The quantitative estimate of drug-likeness (QED) is 0.616. The van der Waals surface area contributed by atoms with Crippen LogP contribution in [0.1, 0.15) is 31.2 Å². The van der Waals surface area contributed by atoms with Gasteiger partial charge in [-0.25, -0.2) is 13.2 Å². The van der Waals surface area contributed by atoms with Gasteiger partial charge in [0.05, 0.1) is 15.7 Å². The Labute approximate surface area is 106 Å². The molecule has 0 bridgehead atoms. The van der Waals surface area contributed by atoms with Gasteiger partial charge in [0.1, 0.15) is 0 Å². The van der Waals surface area contributed by atoms with E-state index in [0.29, 0.717) is 10.5 Å². The normalized spacial score (nSPS) is 21.1. The van der Waals surface area contributed by atoms with Crippen molar-refractivity contribution in [3.8, 4) is 0 Å². The van der Waals surface area contributed by atoms with Gasteiger partial charge >= 0.3 is 0 Å². The molecule has 0 atom stereocenters. The van der Waals surface area contributed by atoms with Gasteiger partial charge in [-0.05, 0) is 37.3 Å². The molecule has 1 aromatic rings. The van der Waals surface area contributed by atoms with Gasteiger partial charge in [-0.3, -0.25) is 0 Å². The van der Waals surface area contributed by atoms with Crippen LogP contribution in [0.25, 0.3) is 0 Å². The molecule has 5 heteroatoms. The summed E-state index contributed by atoms with van der Waals surface area (Å²) in [6, 6.07) is 6.91. The van der Waals surface area contributed by atoms with Crippen molar-refractivity contribution in [1.82, 2.24) is 0 Å². The van der Waals surface area contributed by atoms with E-state index in [9.17, 15) is 13.2 Å². The maximum absolute atomic E-state index is 12.4. The third-order valence-corrected chi connectivity index (χ3v) is 5.96. The summed E-state index contributed by atoms with van der Waals surface area (Å²) >= 11 is 0. The molecule has 0 unspecified atom stereocenters. The van der Waals surface area contributed by atoms with E-state index in [0.717, 1.165) is 25.7 Å². The van der Waals surface area contributed by atoms with Gasteiger partial charge in [0.2, 0.25) is 6.08 Å². The summed E-state index contributed by atoms with van der Waals surface area (Å²) in [7, 11) is -3.25. The minimum atomic E-state index is -3.25. The zero-order chi connectivity index (χ0) is 12.8. The summed E-state index contributed by atoms with van der Waals surface area (Å²) in [5, 5.41) is -0.241. The predicted octanol–water partition coefficient (Wildman–Crippen LogP) is 1.95. The zero-order valence-corrected chi connectivity index (χ0v) is 10.6. The van der Waals surface area contributed by atoms with Crippen molar-refractivity contribution >= 4 is 15.9 Å². The first-order chi connectivity index (χ1) is 8.60. The highest BCUT2D eigenvalue weighted by Crippen LogP contribution is 2.52. The highest BCUT2D eigenvalue weighted by atomic mass is 32.2. The Balaban J connectivity index is 2.14. The van der Waals surface area contributed by atoms with Gasteiger partial charge in [-0.1, -0.05) is 18.2 Å². The SMILES string of the molecule is O=C=NC1(c2ccccc2S(=O)(=O)C2CC2)CC1. The fourth-order valence-corrected chi connectivity index (χ4v) is 4.25. The van der Waals surface area contributed by atoms with Crippen molar-refractivity contribution in [3.05, 3.63) is 29.8 Å². The van der Waals surface area contributed by atoms with Crippen LogP contribution in [0.2, 0.25) is 0 Å². The Morgan fingerprint density at radius 2 is 1.89 bits per heavy atom. The second kappa shape index (κ2) is 3.77. The molecule has 2 saturated carbocycles. The average molecular weight is 263 g/mol. The molecule has 0 radical (unpaired) electrons. The zero-order valence-electron chi connectivity index (χ0n) is 9.80. The fraction of sp³-hybridized carbons (Fsp3) is 0.462. The van der Waals surface area contributed by atoms with Gasteiger partial charge < -0.3 is 0 Å². The van der Waals surface area contributed by atoms with Gasteiger partial charge in [0.15, 0.2) is 9.84 Å². The van der Waals surface area contributed by atoms with E-state index in [1.165, 1.54) is 0 Å². The first kappa shape index (κ1) is 11.6. The highest BCUT2D eigenvalue weighted by Gasteiger charge is 2.49. The van der Waals surface area contributed by atoms with Crippen molar-refractivity contribution in [1.29, 1.82) is 0 Å². The van der Waals surface area contributed by atoms with Gasteiger partial charge in [0.25, 0.3) is 0 Å². The van der Waals surface area contributed by atoms with Crippen molar-refractivity contribution in [2.75, 3.05) is 0 Å². The van der Waals surface area contributed by atoms with E-state index in [4.69, 9.17) is 0 Å². The summed E-state index contributed by atoms with van der Waals surface area (Å²) in [5.41, 5.74) is 0.0422. The molecule has 2 aliphatic carbocycles. The number of aliphatic imine (C=N–C) groups is 1. The Kier molecular flexibility index (Phi) is 2.44. The Morgan fingerprint density at radius 1 is 1.22 bits per heavy atom. The van der Waals surface area contributed by atoms with E-state index in [1.54, 1.807) is 30.3 Å². The molecule has 2 fully saturated rings. The minimum Gasteiger partial charge on any atom is -0.223 e. The summed E-state index contributed by atoms with van der Waals surface area (Å²) in [6.07, 6.45) is 4.49. The van der Waals surface area contributed by atoms with Crippen LogP contribution in [0.15, 0.2) is 34.2 Å². The molecule has 0 spiro atoms. The summed E-state index contributed by atoms with van der Waals surface area (Å²) in [6.45, 7) is 0. The van der Waals surface area contributed by atoms with Crippen molar-refractivity contribution < 1.29 is 13.2 Å². The number of hydrogen-bond donors (Lipinski definition) is 0. The lowest BCUT2D eigenvalue weighted by molar-refractivity contribution is 0.554. The molecule has 0 aliphatic heterocycles. The fourth-order valence-electron chi connectivity index (χ4n) is 2.30. The van der Waals surface area contributed by atoms with Gasteiger partial charge in [-0.15, -0.1) is 0 Å². The van der Waals surface area contributed by atoms with Crippen LogP contribution < -0.4 is 0 Å². The largest absolute Gasteiger partial charge is 0.235 e. The number of hydrogen-bond acceptors (Lipinski definition) is 4. The predicted molar refractivity (Wildman–Crippen MR) is 65.7 cm³/mol. The molecule has 3 rings (SSSR count). The van der Waals surface area contributed by atoms with Gasteiger partial charge in [-0.2, -0.15) is 4.99 Å². The Hall–Kier alpha value is -1.45. The van der Waals surface area contributed by atoms with E-state index >= 15 is 0 Å². The number of nitrogens with zero attached hydrogens (tertiary/aromatic N) is 1. The molecular weight excluding hydrogens is 250 g/mol. The van der Waals surface area contributed by atoms with Crippen LogP contribution in [0, 0.1) is 0 Å². The van der Waals surface area contributed by atoms with E-state index < -0.39 is 15.4 Å². The molecular formula is C13H13NO3S. The van der Waals surface area contributed by atoms with Crippen LogP contribution in [0.5, 0.6) is 0 Å². The standard InChI is InChI=1S/C13H13NO3S/c15-9-14-13(7-8-13)11-3-1-2-4-12(11)18(16,17)10-5-6-10/h1-4,10H,5-8H2.